The van der Waals surface area contributed by atoms with Crippen LogP contribution in [0, 0.1) is 0 Å². The molecule has 0 amide bonds. The molecule has 0 atom stereocenters. The van der Waals surface area contributed by atoms with E-state index in [0.717, 1.165) is 10.2 Å². The highest BCUT2D eigenvalue weighted by Crippen LogP contribution is 2.23. The van der Waals surface area contributed by atoms with Gasteiger partial charge in [0.1, 0.15) is 0 Å². The Morgan fingerprint density at radius 2 is 2.31 bits per heavy atom. The van der Waals surface area contributed by atoms with E-state index in [1.165, 1.54) is 4.90 Å². The first-order valence-electron chi connectivity index (χ1n) is 3.70. The largest absolute Gasteiger partial charge is 0.368 e. The van der Waals surface area contributed by atoms with Crippen molar-refractivity contribution in [1.29, 1.82) is 0 Å². The molecule has 1 aromatic rings. The number of hydrogen-bond acceptors (Lipinski definition) is 2. The monoisotopic (exact) mass is 250 g/mol. The van der Waals surface area contributed by atoms with E-state index in [4.69, 9.17) is 0 Å². The Kier molecular flexibility index (Phi) is 3.59. The van der Waals surface area contributed by atoms with Crippen LogP contribution in [0.2, 0.25) is 0 Å². The van der Waals surface area contributed by atoms with Crippen molar-refractivity contribution in [3.05, 3.63) is 22.9 Å². The molecule has 1 heterocycles. The van der Waals surface area contributed by atoms with Crippen LogP contribution in [0.25, 0.3) is 0 Å². The molecular weight excluding hydrogens is 242 g/mol. The number of nitrogens with zero attached hydrogens (tertiary/aromatic N) is 2. The third-order valence-electron chi connectivity index (χ3n) is 1.57. The lowest BCUT2D eigenvalue weighted by Crippen LogP contribution is -2.24. The molecule has 0 fully saturated rings. The zero-order chi connectivity index (χ0) is 9.84. The first-order chi connectivity index (χ1) is 6.11. The van der Waals surface area contributed by atoms with Crippen molar-refractivity contribution in [3.63, 3.8) is 0 Å². The van der Waals surface area contributed by atoms with Crippen LogP contribution in [0.1, 0.15) is 0 Å². The molecule has 0 bridgehead atoms. The fraction of sp³-hybridized carbons (Fsp3) is 0.375. The van der Waals surface area contributed by atoms with E-state index in [9.17, 15) is 8.78 Å². The molecular formula is C8H9BrF2N2. The quantitative estimate of drug-likeness (QED) is 0.820. The molecule has 0 aromatic carbocycles. The molecule has 0 N–H and O–H groups in total. The summed E-state index contributed by atoms with van der Waals surface area (Å²) in [5.41, 5.74) is 0.718. The Labute approximate surface area is 83.7 Å². The minimum atomic E-state index is -2.33. The van der Waals surface area contributed by atoms with Crippen LogP contribution in [0.4, 0.5) is 14.5 Å². The maximum absolute atomic E-state index is 12.0. The molecule has 13 heavy (non-hydrogen) atoms. The van der Waals surface area contributed by atoms with Crippen LogP contribution in [-0.2, 0) is 0 Å². The number of rotatable bonds is 3. The standard InChI is InChI=1S/C8H9BrF2N2/c1-13(5-8(10)11)7-2-3-12-4-6(7)9/h2-4,8H,5H2,1H3. The molecule has 0 saturated carbocycles. The summed E-state index contributed by atoms with van der Waals surface area (Å²) in [5.74, 6) is 0. The number of pyridine rings is 1. The highest BCUT2D eigenvalue weighted by atomic mass is 79.9. The van der Waals surface area contributed by atoms with Crippen molar-refractivity contribution in [3.8, 4) is 0 Å². The van der Waals surface area contributed by atoms with Gasteiger partial charge in [-0.3, -0.25) is 4.98 Å². The van der Waals surface area contributed by atoms with Crippen molar-refractivity contribution in [2.75, 3.05) is 18.5 Å². The lowest BCUT2D eigenvalue weighted by molar-refractivity contribution is 0.156. The maximum Gasteiger partial charge on any atom is 0.255 e. The molecule has 0 aliphatic heterocycles. The van der Waals surface area contributed by atoms with E-state index in [2.05, 4.69) is 20.9 Å². The SMILES string of the molecule is CN(CC(F)F)c1ccncc1Br. The molecule has 0 radical (unpaired) electrons. The Morgan fingerprint density at radius 1 is 1.62 bits per heavy atom. The zero-order valence-corrected chi connectivity index (χ0v) is 8.63. The number of halogens is 3. The number of anilines is 1. The van der Waals surface area contributed by atoms with Gasteiger partial charge in [-0.25, -0.2) is 8.78 Å². The minimum Gasteiger partial charge on any atom is -0.368 e. The molecule has 72 valence electrons. The van der Waals surface area contributed by atoms with Gasteiger partial charge in [0, 0.05) is 19.4 Å². The van der Waals surface area contributed by atoms with Gasteiger partial charge in [-0.15, -0.1) is 0 Å². The summed E-state index contributed by atoms with van der Waals surface area (Å²) >= 11 is 3.24. The fourth-order valence-corrected chi connectivity index (χ4v) is 1.54. The van der Waals surface area contributed by atoms with E-state index >= 15 is 0 Å². The Balaban J connectivity index is 2.76. The van der Waals surface area contributed by atoms with Crippen LogP contribution in [0.3, 0.4) is 0 Å². The average molecular weight is 251 g/mol. The second kappa shape index (κ2) is 4.50. The van der Waals surface area contributed by atoms with Gasteiger partial charge in [0.25, 0.3) is 6.43 Å². The van der Waals surface area contributed by atoms with Crippen LogP contribution < -0.4 is 4.90 Å². The minimum absolute atomic E-state index is 0.275. The summed E-state index contributed by atoms with van der Waals surface area (Å²) in [6.07, 6.45) is 0.824. The smallest absolute Gasteiger partial charge is 0.255 e. The normalized spacial score (nSPS) is 10.5. The maximum atomic E-state index is 12.0. The summed E-state index contributed by atoms with van der Waals surface area (Å²) in [6.45, 7) is -0.275. The summed E-state index contributed by atoms with van der Waals surface area (Å²) in [7, 11) is 1.62. The third-order valence-corrected chi connectivity index (χ3v) is 2.19. The highest BCUT2D eigenvalue weighted by Gasteiger charge is 2.10. The summed E-state index contributed by atoms with van der Waals surface area (Å²) in [5, 5.41) is 0. The van der Waals surface area contributed by atoms with E-state index < -0.39 is 6.43 Å². The Hall–Kier alpha value is -0.710. The van der Waals surface area contributed by atoms with Gasteiger partial charge in [0.15, 0.2) is 0 Å². The third kappa shape index (κ3) is 2.91. The summed E-state index contributed by atoms with van der Waals surface area (Å²) < 4.78 is 24.8. The molecule has 0 aliphatic carbocycles. The first-order valence-corrected chi connectivity index (χ1v) is 4.49. The number of hydrogen-bond donors (Lipinski definition) is 0. The van der Waals surface area contributed by atoms with Crippen LogP contribution >= 0.6 is 15.9 Å². The second-order valence-corrected chi connectivity index (χ2v) is 3.45. The lowest BCUT2D eigenvalue weighted by Gasteiger charge is -2.19. The average Bonchev–Trinajstić information content (AvgIpc) is 2.03. The predicted molar refractivity (Wildman–Crippen MR) is 51.2 cm³/mol. The molecule has 1 aromatic heterocycles. The van der Waals surface area contributed by atoms with E-state index in [-0.39, 0.29) is 6.54 Å². The second-order valence-electron chi connectivity index (χ2n) is 2.60. The van der Waals surface area contributed by atoms with Gasteiger partial charge in [-0.1, -0.05) is 0 Å². The predicted octanol–water partition coefficient (Wildman–Crippen LogP) is 2.55. The fourth-order valence-electron chi connectivity index (χ4n) is 0.983. The van der Waals surface area contributed by atoms with Crippen LogP contribution in [-0.4, -0.2) is 25.0 Å². The van der Waals surface area contributed by atoms with Crippen molar-refractivity contribution < 1.29 is 8.78 Å². The van der Waals surface area contributed by atoms with E-state index in [1.807, 2.05) is 0 Å². The van der Waals surface area contributed by atoms with Crippen molar-refractivity contribution in [2.45, 2.75) is 6.43 Å². The highest BCUT2D eigenvalue weighted by molar-refractivity contribution is 9.10. The molecule has 5 heteroatoms. The van der Waals surface area contributed by atoms with Gasteiger partial charge in [-0.05, 0) is 22.0 Å². The van der Waals surface area contributed by atoms with E-state index in [1.54, 1.807) is 25.5 Å². The van der Waals surface area contributed by atoms with Gasteiger partial charge in [0.2, 0.25) is 0 Å². The molecule has 0 unspecified atom stereocenters. The molecule has 0 saturated heterocycles. The van der Waals surface area contributed by atoms with Gasteiger partial charge in [0.05, 0.1) is 16.7 Å². The number of aromatic nitrogens is 1. The lowest BCUT2D eigenvalue weighted by atomic mass is 10.3. The summed E-state index contributed by atoms with van der Waals surface area (Å²) in [4.78, 5) is 5.33. The van der Waals surface area contributed by atoms with Crippen LogP contribution in [0.15, 0.2) is 22.9 Å². The first kappa shape index (κ1) is 10.4. The Morgan fingerprint density at radius 3 is 2.85 bits per heavy atom. The van der Waals surface area contributed by atoms with E-state index in [0.29, 0.717) is 0 Å². The molecule has 2 nitrogen and oxygen atoms in total. The van der Waals surface area contributed by atoms with Gasteiger partial charge in [-0.2, -0.15) is 0 Å². The van der Waals surface area contributed by atoms with Crippen molar-refractivity contribution in [2.24, 2.45) is 0 Å². The van der Waals surface area contributed by atoms with Crippen molar-refractivity contribution in [1.82, 2.24) is 4.98 Å². The van der Waals surface area contributed by atoms with Gasteiger partial charge >= 0.3 is 0 Å². The molecule has 1 rings (SSSR count). The zero-order valence-electron chi connectivity index (χ0n) is 7.04. The van der Waals surface area contributed by atoms with Crippen molar-refractivity contribution >= 4 is 21.6 Å². The Bertz CT molecular complexity index is 281. The molecule has 0 aliphatic rings. The van der Waals surface area contributed by atoms with Gasteiger partial charge < -0.3 is 4.90 Å². The topological polar surface area (TPSA) is 16.1 Å². The molecule has 0 spiro atoms. The summed E-state index contributed by atoms with van der Waals surface area (Å²) in [6, 6.07) is 1.69. The number of alkyl halides is 2. The van der Waals surface area contributed by atoms with Crippen LogP contribution in [0.5, 0.6) is 0 Å².